The van der Waals surface area contributed by atoms with E-state index in [1.54, 1.807) is 0 Å². The van der Waals surface area contributed by atoms with E-state index < -0.39 is 0 Å². The van der Waals surface area contributed by atoms with E-state index in [0.717, 1.165) is 5.17 Å². The van der Waals surface area contributed by atoms with Crippen LogP contribution in [-0.2, 0) is 0 Å². The van der Waals surface area contributed by atoms with Gasteiger partial charge in [0.05, 0.1) is 18.0 Å². The summed E-state index contributed by atoms with van der Waals surface area (Å²) in [5.41, 5.74) is 1.31. The lowest BCUT2D eigenvalue weighted by atomic mass is 9.99. The Morgan fingerprint density at radius 1 is 1.43 bits per heavy atom. The van der Waals surface area contributed by atoms with Gasteiger partial charge in [-0.15, -0.1) is 11.8 Å². The first kappa shape index (κ1) is 8.77. The Kier molecular flexibility index (Phi) is 2.04. The number of thioether (sulfide) groups is 1. The number of nitrogens with one attached hydrogen (secondary N) is 1. The topological polar surface area (TPSA) is 24.4 Å². The van der Waals surface area contributed by atoms with E-state index in [9.17, 15) is 0 Å². The molecule has 3 rings (SSSR count). The third-order valence-electron chi connectivity index (χ3n) is 2.59. The molecule has 0 saturated carbocycles. The van der Waals surface area contributed by atoms with Crippen LogP contribution in [0.15, 0.2) is 34.2 Å². The van der Waals surface area contributed by atoms with Gasteiger partial charge < -0.3 is 0 Å². The van der Waals surface area contributed by atoms with E-state index in [-0.39, 0.29) is 5.92 Å². The van der Waals surface area contributed by atoms with Crippen LogP contribution in [0.5, 0.6) is 0 Å². The minimum absolute atomic E-state index is 0.256. The molecular weight excluding hydrogens is 216 g/mol. The van der Waals surface area contributed by atoms with Gasteiger partial charge in [0.15, 0.2) is 0 Å². The number of rotatable bonds is 0. The van der Waals surface area contributed by atoms with Gasteiger partial charge in [0.25, 0.3) is 0 Å². The maximum Gasteiger partial charge on any atom is 0.112 e. The molecule has 2 unspecified atom stereocenters. The van der Waals surface area contributed by atoms with E-state index in [1.165, 1.54) is 10.5 Å². The molecule has 2 aliphatic heterocycles. The lowest BCUT2D eigenvalue weighted by Gasteiger charge is -2.23. The zero-order valence-corrected chi connectivity index (χ0v) is 8.98. The summed E-state index contributed by atoms with van der Waals surface area (Å²) >= 11 is 7.99. The summed E-state index contributed by atoms with van der Waals surface area (Å²) in [6, 6.07) is 8.40. The number of aliphatic imine (C=N–C) groups is 1. The van der Waals surface area contributed by atoms with Crippen LogP contribution in [0.1, 0.15) is 11.5 Å². The lowest BCUT2D eigenvalue weighted by Crippen LogP contribution is -2.36. The summed E-state index contributed by atoms with van der Waals surface area (Å²) in [6.07, 6.45) is 0. The molecule has 0 spiro atoms. The number of halogens is 1. The molecule has 1 aromatic carbocycles. The summed E-state index contributed by atoms with van der Waals surface area (Å²) in [7, 11) is 0. The van der Waals surface area contributed by atoms with Crippen LogP contribution in [0.4, 0.5) is 0 Å². The van der Waals surface area contributed by atoms with Crippen molar-refractivity contribution in [1.82, 2.24) is 5.32 Å². The summed E-state index contributed by atoms with van der Waals surface area (Å²) in [4.78, 5) is 5.55. The van der Waals surface area contributed by atoms with E-state index in [2.05, 4.69) is 34.6 Å². The van der Waals surface area contributed by atoms with Gasteiger partial charge >= 0.3 is 0 Å². The Hall–Kier alpha value is -0.510. The van der Waals surface area contributed by atoms with Gasteiger partial charge in [0, 0.05) is 4.90 Å². The van der Waals surface area contributed by atoms with Gasteiger partial charge in [-0.25, -0.2) is 0 Å². The molecule has 4 heteroatoms. The predicted molar refractivity (Wildman–Crippen MR) is 60.1 cm³/mol. The third-order valence-corrected chi connectivity index (χ3v) is 4.26. The van der Waals surface area contributed by atoms with Crippen molar-refractivity contribution >= 4 is 28.5 Å². The van der Waals surface area contributed by atoms with Gasteiger partial charge in [-0.1, -0.05) is 29.8 Å². The smallest absolute Gasteiger partial charge is 0.112 e. The van der Waals surface area contributed by atoms with Crippen LogP contribution in [0.2, 0.25) is 0 Å². The fourth-order valence-electron chi connectivity index (χ4n) is 1.93. The standard InChI is InChI=1S/C10H9ClN2S/c11-9-8-6-3-1-2-4-7(6)14-10(8)13-5-12-9/h1-4,8,10,13H,5H2. The van der Waals surface area contributed by atoms with Gasteiger partial charge in [0.2, 0.25) is 0 Å². The summed E-state index contributed by atoms with van der Waals surface area (Å²) < 4.78 is 0. The molecule has 14 heavy (non-hydrogen) atoms. The maximum atomic E-state index is 6.14. The molecule has 0 aromatic heterocycles. The zero-order chi connectivity index (χ0) is 9.54. The average molecular weight is 225 g/mol. The molecule has 0 radical (unpaired) electrons. The normalized spacial score (nSPS) is 29.4. The third kappa shape index (κ3) is 1.20. The molecule has 1 N–H and O–H groups in total. The molecule has 2 aliphatic rings. The number of nitrogens with zero attached hydrogens (tertiary/aromatic N) is 1. The fourth-order valence-corrected chi connectivity index (χ4v) is 3.64. The largest absolute Gasteiger partial charge is 0.285 e. The first-order valence-electron chi connectivity index (χ1n) is 4.55. The monoisotopic (exact) mass is 224 g/mol. The highest BCUT2D eigenvalue weighted by molar-refractivity contribution is 8.00. The first-order chi connectivity index (χ1) is 6.86. The Bertz CT molecular complexity index is 405. The molecule has 1 aromatic rings. The quantitative estimate of drug-likeness (QED) is 0.732. The van der Waals surface area contributed by atoms with E-state index in [0.29, 0.717) is 12.0 Å². The minimum atomic E-state index is 0.256. The Labute approximate surface area is 91.8 Å². The lowest BCUT2D eigenvalue weighted by molar-refractivity contribution is 0.616. The number of benzene rings is 1. The van der Waals surface area contributed by atoms with Crippen molar-refractivity contribution in [2.24, 2.45) is 4.99 Å². The Balaban J connectivity index is 2.11. The van der Waals surface area contributed by atoms with Gasteiger partial charge in [-0.2, -0.15) is 0 Å². The Morgan fingerprint density at radius 3 is 3.21 bits per heavy atom. The second-order valence-electron chi connectivity index (χ2n) is 3.40. The molecule has 0 amide bonds. The van der Waals surface area contributed by atoms with Crippen LogP contribution in [0, 0.1) is 0 Å². The number of hydrogen-bond acceptors (Lipinski definition) is 3. The van der Waals surface area contributed by atoms with Crippen molar-refractivity contribution in [3.8, 4) is 0 Å². The van der Waals surface area contributed by atoms with E-state index >= 15 is 0 Å². The predicted octanol–water partition coefficient (Wildman–Crippen LogP) is 2.40. The van der Waals surface area contributed by atoms with E-state index in [1.807, 2.05) is 11.8 Å². The summed E-state index contributed by atoms with van der Waals surface area (Å²) in [6.45, 7) is 0.640. The molecule has 72 valence electrons. The molecule has 0 aliphatic carbocycles. The van der Waals surface area contributed by atoms with Crippen LogP contribution >= 0.6 is 23.4 Å². The number of fused-ring (bicyclic) bond motifs is 3. The number of hydrogen-bond donors (Lipinski definition) is 1. The van der Waals surface area contributed by atoms with Crippen molar-refractivity contribution < 1.29 is 0 Å². The van der Waals surface area contributed by atoms with Crippen molar-refractivity contribution in [3.05, 3.63) is 29.8 Å². The highest BCUT2D eigenvalue weighted by Crippen LogP contribution is 2.46. The van der Waals surface area contributed by atoms with E-state index in [4.69, 9.17) is 11.6 Å². The highest BCUT2D eigenvalue weighted by atomic mass is 35.5. The Morgan fingerprint density at radius 2 is 2.29 bits per heavy atom. The molecule has 2 atom stereocenters. The van der Waals surface area contributed by atoms with Crippen molar-refractivity contribution in [2.75, 3.05) is 6.67 Å². The highest BCUT2D eigenvalue weighted by Gasteiger charge is 2.37. The zero-order valence-electron chi connectivity index (χ0n) is 7.40. The average Bonchev–Trinajstić information content (AvgIpc) is 2.57. The second-order valence-corrected chi connectivity index (χ2v) is 4.97. The van der Waals surface area contributed by atoms with Crippen molar-refractivity contribution in [2.45, 2.75) is 16.2 Å². The maximum absolute atomic E-state index is 6.14. The molecule has 0 saturated heterocycles. The molecule has 0 fully saturated rings. The van der Waals surface area contributed by atoms with Gasteiger partial charge in [-0.3, -0.25) is 10.3 Å². The molecule has 0 bridgehead atoms. The van der Waals surface area contributed by atoms with Gasteiger partial charge in [-0.05, 0) is 11.6 Å². The first-order valence-corrected chi connectivity index (χ1v) is 5.81. The second kappa shape index (κ2) is 3.26. The minimum Gasteiger partial charge on any atom is -0.285 e. The van der Waals surface area contributed by atoms with Crippen LogP contribution in [-0.4, -0.2) is 17.2 Å². The summed E-state index contributed by atoms with van der Waals surface area (Å²) in [5.74, 6) is 0.256. The van der Waals surface area contributed by atoms with Crippen LogP contribution in [0.3, 0.4) is 0 Å². The van der Waals surface area contributed by atoms with Gasteiger partial charge in [0.1, 0.15) is 5.17 Å². The van der Waals surface area contributed by atoms with Crippen molar-refractivity contribution in [3.63, 3.8) is 0 Å². The molecule has 2 nitrogen and oxygen atoms in total. The molecular formula is C10H9ClN2S. The molecule has 2 heterocycles. The van der Waals surface area contributed by atoms with Crippen LogP contribution in [0.25, 0.3) is 0 Å². The SMILES string of the molecule is ClC1=NCNC2Sc3ccccc3C12. The fraction of sp³-hybridized carbons (Fsp3) is 0.300. The summed E-state index contributed by atoms with van der Waals surface area (Å²) in [5, 5.41) is 4.46. The van der Waals surface area contributed by atoms with Crippen molar-refractivity contribution in [1.29, 1.82) is 0 Å². The van der Waals surface area contributed by atoms with Crippen LogP contribution < -0.4 is 5.32 Å².